The molecule has 1 saturated heterocycles. The van der Waals surface area contributed by atoms with E-state index in [1.807, 2.05) is 26.0 Å². The second-order valence-corrected chi connectivity index (χ2v) is 6.64. The van der Waals surface area contributed by atoms with Crippen molar-refractivity contribution < 1.29 is 14.3 Å². The van der Waals surface area contributed by atoms with E-state index in [2.05, 4.69) is 15.3 Å². The topological polar surface area (TPSA) is 84.4 Å². The predicted octanol–water partition coefficient (Wildman–Crippen LogP) is 2.20. The molecule has 0 aliphatic carbocycles. The minimum Gasteiger partial charge on any atom is -0.480 e. The molecule has 0 radical (unpaired) electrons. The van der Waals surface area contributed by atoms with E-state index < -0.39 is 0 Å². The van der Waals surface area contributed by atoms with Crippen LogP contribution in [-0.4, -0.2) is 52.9 Å². The lowest BCUT2D eigenvalue weighted by Crippen LogP contribution is -2.37. The summed E-state index contributed by atoms with van der Waals surface area (Å²) < 4.78 is 5.34. The van der Waals surface area contributed by atoms with Gasteiger partial charge in [-0.15, -0.1) is 0 Å². The maximum atomic E-state index is 12.7. The molecule has 27 heavy (non-hydrogen) atoms. The molecule has 1 aliphatic heterocycles. The van der Waals surface area contributed by atoms with Gasteiger partial charge < -0.3 is 15.0 Å². The van der Waals surface area contributed by atoms with E-state index >= 15 is 0 Å². The number of aryl methyl sites for hydroxylation is 1. The molecule has 142 valence electrons. The van der Waals surface area contributed by atoms with Gasteiger partial charge in [-0.3, -0.25) is 9.59 Å². The number of aromatic nitrogens is 2. The summed E-state index contributed by atoms with van der Waals surface area (Å²) in [5.74, 6) is 0.371. The fourth-order valence-electron chi connectivity index (χ4n) is 3.38. The molecule has 0 saturated carbocycles. The highest BCUT2D eigenvalue weighted by Crippen LogP contribution is 2.30. The minimum absolute atomic E-state index is 0.0951. The van der Waals surface area contributed by atoms with Crippen molar-refractivity contribution in [2.45, 2.75) is 32.7 Å². The van der Waals surface area contributed by atoms with Crippen molar-refractivity contribution in [1.82, 2.24) is 20.2 Å². The molecule has 7 heteroatoms. The van der Waals surface area contributed by atoms with Gasteiger partial charge in [0.05, 0.1) is 24.4 Å². The van der Waals surface area contributed by atoms with Gasteiger partial charge in [0.1, 0.15) is 6.33 Å². The van der Waals surface area contributed by atoms with Gasteiger partial charge in [-0.1, -0.05) is 19.1 Å². The molecule has 1 fully saturated rings. The van der Waals surface area contributed by atoms with E-state index in [4.69, 9.17) is 4.74 Å². The first-order valence-corrected chi connectivity index (χ1v) is 9.08. The predicted molar refractivity (Wildman–Crippen MR) is 101 cm³/mol. The van der Waals surface area contributed by atoms with Crippen LogP contribution < -0.4 is 10.1 Å². The molecule has 3 rings (SSSR count). The fourth-order valence-corrected chi connectivity index (χ4v) is 3.38. The van der Waals surface area contributed by atoms with Gasteiger partial charge in [0, 0.05) is 25.1 Å². The van der Waals surface area contributed by atoms with Crippen molar-refractivity contribution in [3.05, 3.63) is 41.9 Å². The number of hydrogen-bond acceptors (Lipinski definition) is 5. The number of likely N-dealkylation sites (tertiary alicyclic amines) is 1. The third-order valence-corrected chi connectivity index (χ3v) is 4.65. The zero-order chi connectivity index (χ0) is 19.4. The second kappa shape index (κ2) is 8.16. The largest absolute Gasteiger partial charge is 0.480 e. The highest BCUT2D eigenvalue weighted by atomic mass is 16.5. The fraction of sp³-hybridized carbons (Fsp3) is 0.400. The molecule has 1 aliphatic rings. The number of benzene rings is 1. The van der Waals surface area contributed by atoms with Crippen LogP contribution in [0.1, 0.15) is 35.8 Å². The number of methoxy groups -OCH3 is 1. The molecule has 1 aromatic carbocycles. The van der Waals surface area contributed by atoms with Crippen molar-refractivity contribution in [2.75, 3.05) is 20.2 Å². The van der Waals surface area contributed by atoms with E-state index in [1.54, 1.807) is 24.1 Å². The molecule has 1 N–H and O–H groups in total. The monoisotopic (exact) mass is 368 g/mol. The number of ether oxygens (including phenoxy) is 1. The quantitative estimate of drug-likeness (QED) is 0.845. The summed E-state index contributed by atoms with van der Waals surface area (Å²) in [5, 5.41) is 2.97. The SMILES string of the molecule is CCCN1C[C@H](NC(=O)c2cccc(-c3c(C)ncnc3OC)c2)CC1=O. The Morgan fingerprint density at radius 2 is 2.19 bits per heavy atom. The molecule has 0 unspecified atom stereocenters. The molecular formula is C20H24N4O3. The van der Waals surface area contributed by atoms with E-state index in [-0.39, 0.29) is 17.9 Å². The molecule has 1 aromatic heterocycles. The molecule has 0 spiro atoms. The van der Waals surface area contributed by atoms with Gasteiger partial charge in [0.2, 0.25) is 11.8 Å². The van der Waals surface area contributed by atoms with Crippen LogP contribution in [0.5, 0.6) is 5.88 Å². The Kier molecular flexibility index (Phi) is 5.69. The Balaban J connectivity index is 1.78. The number of rotatable bonds is 6. The summed E-state index contributed by atoms with van der Waals surface area (Å²) in [7, 11) is 1.56. The Morgan fingerprint density at radius 3 is 2.93 bits per heavy atom. The van der Waals surface area contributed by atoms with E-state index in [0.29, 0.717) is 24.4 Å². The summed E-state index contributed by atoms with van der Waals surface area (Å²) in [4.78, 5) is 34.9. The Bertz CT molecular complexity index is 853. The van der Waals surface area contributed by atoms with Crippen molar-refractivity contribution in [3.8, 4) is 17.0 Å². The number of hydrogen-bond donors (Lipinski definition) is 1. The van der Waals surface area contributed by atoms with Gasteiger partial charge in [-0.25, -0.2) is 9.97 Å². The lowest BCUT2D eigenvalue weighted by molar-refractivity contribution is -0.127. The highest BCUT2D eigenvalue weighted by molar-refractivity contribution is 5.96. The highest BCUT2D eigenvalue weighted by Gasteiger charge is 2.30. The standard InChI is InChI=1S/C20H24N4O3/c1-4-8-24-11-16(10-17(24)25)23-19(26)15-7-5-6-14(9-15)18-13(2)21-12-22-20(18)27-3/h5-7,9,12,16H,4,8,10-11H2,1-3H3,(H,23,26)/t16-/m1/s1. The van der Waals surface area contributed by atoms with Gasteiger partial charge in [0.25, 0.3) is 5.91 Å². The van der Waals surface area contributed by atoms with E-state index in [9.17, 15) is 9.59 Å². The summed E-state index contributed by atoms with van der Waals surface area (Å²) in [6, 6.07) is 7.11. The smallest absolute Gasteiger partial charge is 0.251 e. The number of nitrogens with zero attached hydrogens (tertiary/aromatic N) is 3. The average molecular weight is 368 g/mol. The Labute approximate surface area is 158 Å². The van der Waals surface area contributed by atoms with Crippen molar-refractivity contribution in [1.29, 1.82) is 0 Å². The van der Waals surface area contributed by atoms with E-state index in [1.165, 1.54) is 6.33 Å². The number of nitrogens with one attached hydrogen (secondary N) is 1. The first-order chi connectivity index (χ1) is 13.0. The van der Waals surface area contributed by atoms with Crippen molar-refractivity contribution in [3.63, 3.8) is 0 Å². The van der Waals surface area contributed by atoms with Crippen LogP contribution in [0.15, 0.2) is 30.6 Å². The maximum Gasteiger partial charge on any atom is 0.251 e. The Morgan fingerprint density at radius 1 is 1.37 bits per heavy atom. The summed E-state index contributed by atoms with van der Waals surface area (Å²) in [5.41, 5.74) is 2.88. The van der Waals surface area contributed by atoms with Gasteiger partial charge in [0.15, 0.2) is 0 Å². The first kappa shape index (κ1) is 18.8. The molecule has 7 nitrogen and oxygen atoms in total. The van der Waals surface area contributed by atoms with Crippen LogP contribution in [0.2, 0.25) is 0 Å². The average Bonchev–Trinajstić information content (AvgIpc) is 3.00. The zero-order valence-electron chi connectivity index (χ0n) is 15.9. The summed E-state index contributed by atoms with van der Waals surface area (Å²) in [6.45, 7) is 5.21. The van der Waals surface area contributed by atoms with Crippen LogP contribution >= 0.6 is 0 Å². The second-order valence-electron chi connectivity index (χ2n) is 6.64. The lowest BCUT2D eigenvalue weighted by Gasteiger charge is -2.16. The summed E-state index contributed by atoms with van der Waals surface area (Å²) in [6.07, 6.45) is 2.72. The van der Waals surface area contributed by atoms with Crippen LogP contribution in [-0.2, 0) is 4.79 Å². The van der Waals surface area contributed by atoms with Gasteiger partial charge in [-0.2, -0.15) is 0 Å². The normalized spacial score (nSPS) is 16.5. The van der Waals surface area contributed by atoms with Crippen LogP contribution in [0.3, 0.4) is 0 Å². The van der Waals surface area contributed by atoms with Gasteiger partial charge in [-0.05, 0) is 31.0 Å². The first-order valence-electron chi connectivity index (χ1n) is 9.08. The molecule has 2 heterocycles. The minimum atomic E-state index is -0.193. The lowest BCUT2D eigenvalue weighted by atomic mass is 10.0. The molecular weight excluding hydrogens is 344 g/mol. The molecule has 1 atom stereocenters. The van der Waals surface area contributed by atoms with Crippen molar-refractivity contribution >= 4 is 11.8 Å². The zero-order valence-corrected chi connectivity index (χ0v) is 15.9. The van der Waals surface area contributed by atoms with Crippen molar-refractivity contribution in [2.24, 2.45) is 0 Å². The number of carbonyl (C=O) groups excluding carboxylic acids is 2. The van der Waals surface area contributed by atoms with Crippen LogP contribution in [0.4, 0.5) is 0 Å². The third kappa shape index (κ3) is 4.07. The van der Waals surface area contributed by atoms with Gasteiger partial charge >= 0.3 is 0 Å². The summed E-state index contributed by atoms with van der Waals surface area (Å²) >= 11 is 0. The molecule has 2 amide bonds. The van der Waals surface area contributed by atoms with E-state index in [0.717, 1.165) is 29.8 Å². The third-order valence-electron chi connectivity index (χ3n) is 4.65. The van der Waals surface area contributed by atoms with Crippen LogP contribution in [0, 0.1) is 6.92 Å². The molecule has 0 bridgehead atoms. The Hall–Kier alpha value is -2.96. The molecule has 2 aromatic rings. The number of amides is 2. The van der Waals surface area contributed by atoms with Crippen LogP contribution in [0.25, 0.3) is 11.1 Å². The number of carbonyl (C=O) groups is 2. The maximum absolute atomic E-state index is 12.7.